The first kappa shape index (κ1) is 8.52. The van der Waals surface area contributed by atoms with Gasteiger partial charge < -0.3 is 20.6 Å². The molecule has 2 fully saturated rings. The number of aliphatic hydroxyl groups excluding tert-OH is 3. The zero-order valence-electron chi connectivity index (χ0n) is 6.84. The van der Waals surface area contributed by atoms with E-state index in [1.807, 2.05) is 0 Å². The van der Waals surface area contributed by atoms with Crippen molar-refractivity contribution in [2.75, 3.05) is 0 Å². The Hall–Kier alpha value is -1.07. The summed E-state index contributed by atoms with van der Waals surface area (Å²) in [5.74, 6) is -0.619. The molecular formula is C8H11NO4. The lowest BCUT2D eigenvalue weighted by atomic mass is 9.99. The van der Waals surface area contributed by atoms with Gasteiger partial charge in [0.2, 0.25) is 0 Å². The van der Waals surface area contributed by atoms with Crippen molar-refractivity contribution in [3.8, 4) is 0 Å². The van der Waals surface area contributed by atoms with E-state index in [2.05, 4.69) is 5.32 Å². The number of fused-ring (bicyclic) bond motifs is 1. The monoisotopic (exact) mass is 185 g/mol. The number of carbonyl (C=O) groups excluding carboxylic acids is 1. The molecule has 4 N–H and O–H groups in total. The van der Waals surface area contributed by atoms with Gasteiger partial charge in [0.25, 0.3) is 5.91 Å². The molecule has 13 heavy (non-hydrogen) atoms. The van der Waals surface area contributed by atoms with Gasteiger partial charge in [-0.1, -0.05) is 0 Å². The largest absolute Gasteiger partial charge is 0.515 e. The first-order valence-electron chi connectivity index (χ1n) is 4.16. The second kappa shape index (κ2) is 2.71. The van der Waals surface area contributed by atoms with Crippen molar-refractivity contribution in [1.29, 1.82) is 0 Å². The molecule has 1 saturated heterocycles. The van der Waals surface area contributed by atoms with Crippen molar-refractivity contribution in [2.45, 2.75) is 24.7 Å². The highest BCUT2D eigenvalue weighted by Crippen LogP contribution is 2.36. The van der Waals surface area contributed by atoms with Crippen molar-refractivity contribution in [1.82, 2.24) is 5.32 Å². The smallest absolute Gasteiger partial charge is 0.250 e. The van der Waals surface area contributed by atoms with E-state index >= 15 is 0 Å². The zero-order chi connectivity index (χ0) is 9.59. The third-order valence-corrected chi connectivity index (χ3v) is 2.79. The summed E-state index contributed by atoms with van der Waals surface area (Å²) in [6, 6.07) is -0.444. The Morgan fingerprint density at radius 3 is 2.77 bits per heavy atom. The molecule has 5 nitrogen and oxygen atoms in total. The first-order chi connectivity index (χ1) is 6.15. The van der Waals surface area contributed by atoms with Crippen LogP contribution < -0.4 is 5.32 Å². The molecule has 72 valence electrons. The molecule has 1 aliphatic heterocycles. The SMILES string of the molecule is O=C1NC2C(CC(O)C2O)/C1=C\O. The van der Waals surface area contributed by atoms with Crippen LogP contribution in [0.25, 0.3) is 0 Å². The molecule has 4 atom stereocenters. The Morgan fingerprint density at radius 1 is 1.46 bits per heavy atom. The van der Waals surface area contributed by atoms with E-state index in [1.54, 1.807) is 0 Å². The summed E-state index contributed by atoms with van der Waals surface area (Å²) in [4.78, 5) is 11.1. The fraction of sp³-hybridized carbons (Fsp3) is 0.625. The Bertz CT molecular complexity index is 275. The van der Waals surface area contributed by atoms with Gasteiger partial charge in [-0.15, -0.1) is 0 Å². The lowest BCUT2D eigenvalue weighted by Crippen LogP contribution is -2.39. The highest BCUT2D eigenvalue weighted by molar-refractivity contribution is 5.96. The van der Waals surface area contributed by atoms with Gasteiger partial charge in [0.1, 0.15) is 6.10 Å². The molecule has 0 radical (unpaired) electrons. The third kappa shape index (κ3) is 1.04. The van der Waals surface area contributed by atoms with E-state index in [0.29, 0.717) is 6.42 Å². The van der Waals surface area contributed by atoms with Gasteiger partial charge in [-0.05, 0) is 6.42 Å². The predicted molar refractivity (Wildman–Crippen MR) is 42.8 cm³/mol. The lowest BCUT2D eigenvalue weighted by Gasteiger charge is -2.13. The van der Waals surface area contributed by atoms with Gasteiger partial charge >= 0.3 is 0 Å². The van der Waals surface area contributed by atoms with Crippen molar-refractivity contribution in [2.24, 2.45) is 5.92 Å². The first-order valence-corrected chi connectivity index (χ1v) is 4.16. The van der Waals surface area contributed by atoms with Gasteiger partial charge in [0, 0.05) is 5.92 Å². The molecule has 5 heteroatoms. The molecule has 0 bridgehead atoms. The Labute approximate surface area is 74.7 Å². The summed E-state index contributed by atoms with van der Waals surface area (Å²) in [5.41, 5.74) is 0.251. The Balaban J connectivity index is 2.27. The summed E-state index contributed by atoms with van der Waals surface area (Å²) in [7, 11) is 0. The van der Waals surface area contributed by atoms with Gasteiger partial charge in [0.05, 0.1) is 24.0 Å². The number of carbonyl (C=O) groups is 1. The zero-order valence-corrected chi connectivity index (χ0v) is 6.84. The van der Waals surface area contributed by atoms with Crippen LogP contribution in [0, 0.1) is 5.92 Å². The molecule has 1 amide bonds. The van der Waals surface area contributed by atoms with Gasteiger partial charge in [-0.25, -0.2) is 0 Å². The molecule has 0 aromatic rings. The molecule has 2 aliphatic rings. The number of hydrogen-bond donors (Lipinski definition) is 4. The molecule has 2 rings (SSSR count). The highest BCUT2D eigenvalue weighted by atomic mass is 16.3. The van der Waals surface area contributed by atoms with Crippen molar-refractivity contribution >= 4 is 5.91 Å². The topological polar surface area (TPSA) is 89.8 Å². The van der Waals surface area contributed by atoms with Crippen molar-refractivity contribution in [3.05, 3.63) is 11.8 Å². The summed E-state index contributed by atoms with van der Waals surface area (Å²) < 4.78 is 0. The second-order valence-corrected chi connectivity index (χ2v) is 3.48. The van der Waals surface area contributed by atoms with Crippen LogP contribution in [0.1, 0.15) is 6.42 Å². The molecule has 0 aromatic carbocycles. The number of hydrogen-bond acceptors (Lipinski definition) is 4. The van der Waals surface area contributed by atoms with E-state index in [4.69, 9.17) is 5.11 Å². The lowest BCUT2D eigenvalue weighted by molar-refractivity contribution is -0.117. The van der Waals surface area contributed by atoms with Crippen LogP contribution in [0.5, 0.6) is 0 Å². The van der Waals surface area contributed by atoms with Crippen molar-refractivity contribution in [3.63, 3.8) is 0 Å². The highest BCUT2D eigenvalue weighted by Gasteiger charge is 2.50. The fourth-order valence-electron chi connectivity index (χ4n) is 2.09. The Morgan fingerprint density at radius 2 is 2.15 bits per heavy atom. The van der Waals surface area contributed by atoms with E-state index < -0.39 is 18.2 Å². The predicted octanol–water partition coefficient (Wildman–Crippen LogP) is -1.33. The minimum Gasteiger partial charge on any atom is -0.515 e. The summed E-state index contributed by atoms with van der Waals surface area (Å²) >= 11 is 0. The Kier molecular flexibility index (Phi) is 1.78. The van der Waals surface area contributed by atoms with Crippen LogP contribution in [-0.4, -0.2) is 39.5 Å². The normalized spacial score (nSPS) is 46.6. The van der Waals surface area contributed by atoms with Crippen LogP contribution in [0.2, 0.25) is 0 Å². The van der Waals surface area contributed by atoms with Gasteiger partial charge in [0.15, 0.2) is 0 Å². The third-order valence-electron chi connectivity index (χ3n) is 2.79. The van der Waals surface area contributed by atoms with E-state index in [0.717, 1.165) is 6.26 Å². The van der Waals surface area contributed by atoms with Gasteiger partial charge in [-0.2, -0.15) is 0 Å². The molecule has 0 spiro atoms. The van der Waals surface area contributed by atoms with Crippen LogP contribution in [0.15, 0.2) is 11.8 Å². The van der Waals surface area contributed by atoms with Crippen LogP contribution in [-0.2, 0) is 4.79 Å². The molecule has 0 aromatic heterocycles. The molecule has 1 saturated carbocycles. The van der Waals surface area contributed by atoms with E-state index in [1.165, 1.54) is 0 Å². The van der Waals surface area contributed by atoms with E-state index in [-0.39, 0.29) is 17.4 Å². The second-order valence-electron chi connectivity index (χ2n) is 3.48. The minimum absolute atomic E-state index is 0.251. The molecular weight excluding hydrogens is 174 g/mol. The molecule has 1 aliphatic carbocycles. The number of nitrogens with one attached hydrogen (secondary N) is 1. The summed E-state index contributed by atoms with van der Waals surface area (Å²) in [6.07, 6.45) is -0.668. The molecule has 4 unspecified atom stereocenters. The average molecular weight is 185 g/mol. The average Bonchev–Trinajstić information content (AvgIpc) is 2.52. The summed E-state index contributed by atoms with van der Waals surface area (Å²) in [6.45, 7) is 0. The van der Waals surface area contributed by atoms with Crippen LogP contribution in [0.3, 0.4) is 0 Å². The fourth-order valence-corrected chi connectivity index (χ4v) is 2.09. The number of aliphatic hydroxyl groups is 3. The van der Waals surface area contributed by atoms with Gasteiger partial charge in [-0.3, -0.25) is 4.79 Å². The standard InChI is InChI=1S/C8H11NO4/c10-2-4-3-1-5(11)7(12)6(3)9-8(4)13/h2-3,5-7,10-12H,1H2,(H,9,13)/b4-2+. The number of amides is 1. The summed E-state index contributed by atoms with van der Waals surface area (Å²) in [5, 5.41) is 30.0. The van der Waals surface area contributed by atoms with Crippen molar-refractivity contribution < 1.29 is 20.1 Å². The molecule has 1 heterocycles. The number of rotatable bonds is 0. The van der Waals surface area contributed by atoms with Crippen LogP contribution in [0.4, 0.5) is 0 Å². The quantitative estimate of drug-likeness (QED) is 0.278. The maximum atomic E-state index is 11.1. The van der Waals surface area contributed by atoms with Crippen LogP contribution >= 0.6 is 0 Å². The van der Waals surface area contributed by atoms with E-state index in [9.17, 15) is 15.0 Å². The maximum absolute atomic E-state index is 11.1. The maximum Gasteiger partial charge on any atom is 0.250 e. The minimum atomic E-state index is -0.925.